The van der Waals surface area contributed by atoms with E-state index in [0.29, 0.717) is 13.0 Å². The zero-order valence-electron chi connectivity index (χ0n) is 8.62. The minimum atomic E-state index is -0.970. The summed E-state index contributed by atoms with van der Waals surface area (Å²) in [4.78, 5) is 13.2. The molecule has 0 aliphatic carbocycles. The summed E-state index contributed by atoms with van der Waals surface area (Å²) in [6.45, 7) is 0.469. The number of hydrogen-bond donors (Lipinski definition) is 1. The molecular weight excluding hydrogens is 214 g/mol. The van der Waals surface area contributed by atoms with Crippen molar-refractivity contribution < 1.29 is 13.6 Å². The van der Waals surface area contributed by atoms with E-state index in [0.717, 1.165) is 6.07 Å². The number of rotatable bonds is 1. The van der Waals surface area contributed by atoms with Crippen molar-refractivity contribution in [3.05, 3.63) is 29.6 Å². The molecule has 1 aliphatic heterocycles. The fourth-order valence-electron chi connectivity index (χ4n) is 1.74. The molecule has 1 aromatic carbocycles. The maximum atomic E-state index is 13.1. The quantitative estimate of drug-likeness (QED) is 0.739. The van der Waals surface area contributed by atoms with Gasteiger partial charge in [0.25, 0.3) is 5.91 Å². The summed E-state index contributed by atoms with van der Waals surface area (Å²) in [5.74, 6) is -0.971. The van der Waals surface area contributed by atoms with Crippen molar-refractivity contribution in [2.75, 3.05) is 18.8 Å². The fourth-order valence-corrected chi connectivity index (χ4v) is 1.74. The summed E-state index contributed by atoms with van der Waals surface area (Å²) in [6.07, 6.45) is -0.619. The number of alkyl halides is 1. The monoisotopic (exact) mass is 226 g/mol. The number of anilines is 1. The third-order valence-corrected chi connectivity index (χ3v) is 2.67. The van der Waals surface area contributed by atoms with Gasteiger partial charge in [-0.2, -0.15) is 0 Å². The Morgan fingerprint density at radius 2 is 2.25 bits per heavy atom. The predicted molar refractivity (Wildman–Crippen MR) is 56.2 cm³/mol. The number of carbonyl (C=O) groups excluding carboxylic acids is 1. The first-order valence-corrected chi connectivity index (χ1v) is 5.06. The lowest BCUT2D eigenvalue weighted by Gasteiger charge is -2.15. The second-order valence-electron chi connectivity index (χ2n) is 3.87. The largest absolute Gasteiger partial charge is 0.396 e. The summed E-state index contributed by atoms with van der Waals surface area (Å²) in [6, 6.07) is 3.88. The van der Waals surface area contributed by atoms with Crippen molar-refractivity contribution in [2.24, 2.45) is 0 Å². The van der Waals surface area contributed by atoms with Crippen molar-refractivity contribution >= 4 is 11.6 Å². The van der Waals surface area contributed by atoms with Crippen molar-refractivity contribution in [3.63, 3.8) is 0 Å². The minimum Gasteiger partial charge on any atom is -0.396 e. The van der Waals surface area contributed by atoms with Crippen LogP contribution in [-0.2, 0) is 0 Å². The molecule has 0 unspecified atom stereocenters. The Kier molecular flexibility index (Phi) is 2.77. The van der Waals surface area contributed by atoms with E-state index in [-0.39, 0.29) is 23.7 Å². The number of hydrogen-bond acceptors (Lipinski definition) is 2. The van der Waals surface area contributed by atoms with E-state index in [2.05, 4.69) is 0 Å². The van der Waals surface area contributed by atoms with Crippen molar-refractivity contribution in [1.82, 2.24) is 4.90 Å². The van der Waals surface area contributed by atoms with Gasteiger partial charge in [0.05, 0.1) is 12.2 Å². The van der Waals surface area contributed by atoms with Crippen LogP contribution in [0.25, 0.3) is 0 Å². The molecule has 0 saturated carbocycles. The average Bonchev–Trinajstić information content (AvgIpc) is 2.68. The van der Waals surface area contributed by atoms with Gasteiger partial charge in [-0.3, -0.25) is 4.79 Å². The zero-order valence-corrected chi connectivity index (χ0v) is 8.62. The van der Waals surface area contributed by atoms with E-state index >= 15 is 0 Å². The maximum absolute atomic E-state index is 13.1. The van der Waals surface area contributed by atoms with Crippen LogP contribution in [0.5, 0.6) is 0 Å². The lowest BCUT2D eigenvalue weighted by Crippen LogP contribution is -2.29. The normalized spacial score (nSPS) is 20.1. The van der Waals surface area contributed by atoms with Crippen LogP contribution >= 0.6 is 0 Å². The third kappa shape index (κ3) is 1.98. The van der Waals surface area contributed by atoms with Crippen LogP contribution in [0.2, 0.25) is 0 Å². The van der Waals surface area contributed by atoms with Gasteiger partial charge in [0, 0.05) is 12.1 Å². The minimum absolute atomic E-state index is 0.00124. The Hall–Kier alpha value is -1.65. The molecule has 0 radical (unpaired) electrons. The number of benzene rings is 1. The van der Waals surface area contributed by atoms with Crippen molar-refractivity contribution in [1.29, 1.82) is 0 Å². The fraction of sp³-hybridized carbons (Fsp3) is 0.364. The van der Waals surface area contributed by atoms with E-state index < -0.39 is 12.0 Å². The molecule has 1 aliphatic rings. The predicted octanol–water partition coefficient (Wildman–Crippen LogP) is 1.59. The summed E-state index contributed by atoms with van der Waals surface area (Å²) < 4.78 is 26.0. The molecule has 1 heterocycles. The highest BCUT2D eigenvalue weighted by Gasteiger charge is 2.26. The molecule has 1 amide bonds. The van der Waals surface area contributed by atoms with Crippen LogP contribution in [-0.4, -0.2) is 30.1 Å². The Morgan fingerprint density at radius 3 is 2.81 bits per heavy atom. The summed E-state index contributed by atoms with van der Waals surface area (Å²) in [5, 5.41) is 0. The first-order chi connectivity index (χ1) is 7.58. The molecule has 16 heavy (non-hydrogen) atoms. The van der Waals surface area contributed by atoms with Gasteiger partial charge in [0.2, 0.25) is 0 Å². The molecule has 0 aromatic heterocycles. The molecule has 2 rings (SSSR count). The average molecular weight is 226 g/mol. The topological polar surface area (TPSA) is 46.3 Å². The van der Waals surface area contributed by atoms with Gasteiger partial charge >= 0.3 is 0 Å². The van der Waals surface area contributed by atoms with E-state index in [1.54, 1.807) is 0 Å². The van der Waals surface area contributed by atoms with Crippen LogP contribution in [0.3, 0.4) is 0 Å². The molecule has 86 valence electrons. The van der Waals surface area contributed by atoms with Crippen LogP contribution < -0.4 is 5.73 Å². The molecule has 2 N–H and O–H groups in total. The number of nitrogen functional groups attached to an aromatic ring is 1. The number of nitrogens with two attached hydrogens (primary N) is 1. The second-order valence-corrected chi connectivity index (χ2v) is 3.87. The summed E-state index contributed by atoms with van der Waals surface area (Å²) >= 11 is 0. The van der Waals surface area contributed by atoms with Crippen LogP contribution in [0, 0.1) is 5.82 Å². The number of nitrogens with zero attached hydrogens (tertiary/aromatic N) is 1. The number of carbonyl (C=O) groups is 1. The van der Waals surface area contributed by atoms with Gasteiger partial charge in [-0.15, -0.1) is 0 Å². The lowest BCUT2D eigenvalue weighted by molar-refractivity contribution is 0.0782. The molecule has 0 bridgehead atoms. The van der Waals surface area contributed by atoms with Gasteiger partial charge < -0.3 is 10.6 Å². The third-order valence-electron chi connectivity index (χ3n) is 2.67. The lowest BCUT2D eigenvalue weighted by atomic mass is 10.2. The van der Waals surface area contributed by atoms with Gasteiger partial charge in [-0.1, -0.05) is 0 Å². The standard InChI is InChI=1S/C11H12F2N2O/c12-8-3-4-15(6-8)11(16)7-1-2-10(14)9(13)5-7/h1-2,5,8H,3-4,6,14H2/t8-/m0/s1. The van der Waals surface area contributed by atoms with E-state index in [9.17, 15) is 13.6 Å². The zero-order chi connectivity index (χ0) is 11.7. The van der Waals surface area contributed by atoms with Crippen molar-refractivity contribution in [2.45, 2.75) is 12.6 Å². The molecule has 1 aromatic rings. The van der Waals surface area contributed by atoms with Gasteiger partial charge in [0.15, 0.2) is 0 Å². The molecule has 1 saturated heterocycles. The highest BCUT2D eigenvalue weighted by molar-refractivity contribution is 5.94. The Labute approximate surface area is 91.8 Å². The first kappa shape index (κ1) is 10.9. The highest BCUT2D eigenvalue weighted by atomic mass is 19.1. The van der Waals surface area contributed by atoms with Crippen LogP contribution in [0.4, 0.5) is 14.5 Å². The molecule has 1 fully saturated rings. The molecule has 0 spiro atoms. The highest BCUT2D eigenvalue weighted by Crippen LogP contribution is 2.18. The van der Waals surface area contributed by atoms with Crippen LogP contribution in [0.1, 0.15) is 16.8 Å². The number of halogens is 2. The molecule has 3 nitrogen and oxygen atoms in total. The van der Waals surface area contributed by atoms with E-state index in [4.69, 9.17) is 5.73 Å². The van der Waals surface area contributed by atoms with Gasteiger partial charge in [-0.05, 0) is 24.6 Å². The summed E-state index contributed by atoms with van der Waals surface area (Å²) in [5.41, 5.74) is 5.51. The van der Waals surface area contributed by atoms with Gasteiger partial charge in [-0.25, -0.2) is 8.78 Å². The summed E-state index contributed by atoms with van der Waals surface area (Å²) in [7, 11) is 0. The Balaban J connectivity index is 2.18. The van der Waals surface area contributed by atoms with Crippen LogP contribution in [0.15, 0.2) is 18.2 Å². The van der Waals surface area contributed by atoms with Crippen molar-refractivity contribution in [3.8, 4) is 0 Å². The SMILES string of the molecule is Nc1ccc(C(=O)N2CC[C@H](F)C2)cc1F. The smallest absolute Gasteiger partial charge is 0.254 e. The maximum Gasteiger partial charge on any atom is 0.254 e. The Morgan fingerprint density at radius 1 is 1.50 bits per heavy atom. The second kappa shape index (κ2) is 4.08. The molecular formula is C11H12F2N2O. The van der Waals surface area contributed by atoms with E-state index in [1.807, 2.05) is 0 Å². The van der Waals surface area contributed by atoms with Gasteiger partial charge in [0.1, 0.15) is 12.0 Å². The number of likely N-dealkylation sites (tertiary alicyclic amines) is 1. The first-order valence-electron chi connectivity index (χ1n) is 5.06. The van der Waals surface area contributed by atoms with E-state index in [1.165, 1.54) is 17.0 Å². The molecule has 1 atom stereocenters. The Bertz CT molecular complexity index is 422. The molecule has 5 heteroatoms. The number of amides is 1.